The smallest absolute Gasteiger partial charge is 0.0189 e. The molecule has 90 valence electrons. The Morgan fingerprint density at radius 1 is 1.00 bits per heavy atom. The van der Waals surface area contributed by atoms with Crippen molar-refractivity contribution in [3.8, 4) is 0 Å². The van der Waals surface area contributed by atoms with Crippen molar-refractivity contribution in [1.82, 2.24) is 10.4 Å². The van der Waals surface area contributed by atoms with E-state index in [0.717, 1.165) is 13.0 Å². The number of hydrazine groups is 1. The minimum absolute atomic E-state index is 0.538. The van der Waals surface area contributed by atoms with Crippen molar-refractivity contribution in [2.75, 3.05) is 6.54 Å². The van der Waals surface area contributed by atoms with Crippen LogP contribution in [-0.2, 0) is 6.42 Å². The Kier molecular flexibility index (Phi) is 5.50. The highest BCUT2D eigenvalue weighted by molar-refractivity contribution is 5.14. The third-order valence-corrected chi connectivity index (χ3v) is 2.66. The first-order valence-electron chi connectivity index (χ1n) is 6.17. The average Bonchev–Trinajstić information content (AvgIpc) is 2.24. The highest BCUT2D eigenvalue weighted by Crippen LogP contribution is 2.02. The van der Waals surface area contributed by atoms with Crippen molar-refractivity contribution in [2.45, 2.75) is 46.2 Å². The number of benzene rings is 1. The van der Waals surface area contributed by atoms with E-state index < -0.39 is 0 Å². The third kappa shape index (κ3) is 4.33. The zero-order valence-corrected chi connectivity index (χ0v) is 10.9. The molecule has 0 saturated carbocycles. The van der Waals surface area contributed by atoms with Crippen LogP contribution in [0, 0.1) is 0 Å². The first-order valence-corrected chi connectivity index (χ1v) is 6.17. The number of nitrogens with one attached hydrogen (secondary N) is 1. The average molecular weight is 220 g/mol. The van der Waals surface area contributed by atoms with E-state index in [1.54, 1.807) is 0 Å². The number of rotatable bonds is 6. The van der Waals surface area contributed by atoms with E-state index in [1.807, 2.05) is 0 Å². The van der Waals surface area contributed by atoms with Crippen molar-refractivity contribution in [3.05, 3.63) is 35.9 Å². The van der Waals surface area contributed by atoms with Crippen molar-refractivity contribution in [3.63, 3.8) is 0 Å². The molecule has 0 bridgehead atoms. The first-order chi connectivity index (χ1) is 7.61. The standard InChI is InChI=1S/C14H24N2/c1-12(2)16(13(3)4)15-11-10-14-8-6-5-7-9-14/h5-9,12-13,15H,10-11H2,1-4H3. The summed E-state index contributed by atoms with van der Waals surface area (Å²) < 4.78 is 0. The lowest BCUT2D eigenvalue weighted by Gasteiger charge is -2.31. The second-order valence-electron chi connectivity index (χ2n) is 4.74. The minimum Gasteiger partial charge on any atom is -0.254 e. The molecule has 1 N–H and O–H groups in total. The van der Waals surface area contributed by atoms with Gasteiger partial charge in [0.2, 0.25) is 0 Å². The molecule has 0 spiro atoms. The van der Waals surface area contributed by atoms with Gasteiger partial charge in [-0.15, -0.1) is 0 Å². The van der Waals surface area contributed by atoms with Crippen LogP contribution in [0.1, 0.15) is 33.3 Å². The van der Waals surface area contributed by atoms with Crippen molar-refractivity contribution < 1.29 is 0 Å². The molecule has 0 heterocycles. The second kappa shape index (κ2) is 6.66. The summed E-state index contributed by atoms with van der Waals surface area (Å²) in [5.41, 5.74) is 4.89. The summed E-state index contributed by atoms with van der Waals surface area (Å²) >= 11 is 0. The molecule has 2 nitrogen and oxygen atoms in total. The van der Waals surface area contributed by atoms with Gasteiger partial charge in [0.25, 0.3) is 0 Å². The lowest BCUT2D eigenvalue weighted by molar-refractivity contribution is 0.104. The largest absolute Gasteiger partial charge is 0.254 e. The zero-order valence-electron chi connectivity index (χ0n) is 10.9. The van der Waals surface area contributed by atoms with Gasteiger partial charge in [-0.25, -0.2) is 5.01 Å². The van der Waals surface area contributed by atoms with Gasteiger partial charge in [0.1, 0.15) is 0 Å². The van der Waals surface area contributed by atoms with Gasteiger partial charge in [0, 0.05) is 18.6 Å². The summed E-state index contributed by atoms with van der Waals surface area (Å²) in [5.74, 6) is 0. The molecule has 0 unspecified atom stereocenters. The summed E-state index contributed by atoms with van der Waals surface area (Å²) in [6.45, 7) is 9.87. The molecule has 2 heteroatoms. The van der Waals surface area contributed by atoms with E-state index in [9.17, 15) is 0 Å². The van der Waals surface area contributed by atoms with Gasteiger partial charge < -0.3 is 0 Å². The fourth-order valence-electron chi connectivity index (χ4n) is 1.94. The van der Waals surface area contributed by atoms with Crippen LogP contribution in [0.4, 0.5) is 0 Å². The molecule has 0 aliphatic heterocycles. The van der Waals surface area contributed by atoms with Gasteiger partial charge in [-0.05, 0) is 39.7 Å². The van der Waals surface area contributed by atoms with Gasteiger partial charge in [-0.1, -0.05) is 30.3 Å². The summed E-state index contributed by atoms with van der Waals surface area (Å²) in [7, 11) is 0. The maximum atomic E-state index is 3.50. The Labute approximate surface area is 99.6 Å². The molecular formula is C14H24N2. The predicted octanol–water partition coefficient (Wildman–Crippen LogP) is 2.85. The van der Waals surface area contributed by atoms with Crippen LogP contribution in [0.15, 0.2) is 30.3 Å². The van der Waals surface area contributed by atoms with Crippen LogP contribution in [-0.4, -0.2) is 23.6 Å². The molecule has 0 fully saturated rings. The molecule has 0 amide bonds. The topological polar surface area (TPSA) is 15.3 Å². The predicted molar refractivity (Wildman–Crippen MR) is 70.3 cm³/mol. The van der Waals surface area contributed by atoms with Crippen LogP contribution in [0.2, 0.25) is 0 Å². The van der Waals surface area contributed by atoms with E-state index >= 15 is 0 Å². The first kappa shape index (κ1) is 13.2. The lowest BCUT2D eigenvalue weighted by Crippen LogP contribution is -2.48. The van der Waals surface area contributed by atoms with Crippen LogP contribution < -0.4 is 5.43 Å². The molecule has 0 atom stereocenters. The second-order valence-corrected chi connectivity index (χ2v) is 4.74. The molecule has 0 aliphatic carbocycles. The summed E-state index contributed by atoms with van der Waals surface area (Å²) in [6.07, 6.45) is 1.08. The van der Waals surface area contributed by atoms with Crippen molar-refractivity contribution in [1.29, 1.82) is 0 Å². The number of nitrogens with zero attached hydrogens (tertiary/aromatic N) is 1. The van der Waals surface area contributed by atoms with Crippen LogP contribution >= 0.6 is 0 Å². The van der Waals surface area contributed by atoms with Gasteiger partial charge in [-0.3, -0.25) is 5.43 Å². The maximum Gasteiger partial charge on any atom is 0.0189 e. The molecule has 0 radical (unpaired) electrons. The number of hydrogen-bond acceptors (Lipinski definition) is 2. The quantitative estimate of drug-likeness (QED) is 0.742. The monoisotopic (exact) mass is 220 g/mol. The highest BCUT2D eigenvalue weighted by atomic mass is 15.5. The lowest BCUT2D eigenvalue weighted by atomic mass is 10.1. The summed E-state index contributed by atoms with van der Waals surface area (Å²) in [4.78, 5) is 0. The molecule has 1 aromatic rings. The Morgan fingerprint density at radius 2 is 1.56 bits per heavy atom. The SMILES string of the molecule is CC(C)N(NCCc1ccccc1)C(C)C. The van der Waals surface area contributed by atoms with E-state index in [1.165, 1.54) is 5.56 Å². The van der Waals surface area contributed by atoms with Crippen LogP contribution in [0.25, 0.3) is 0 Å². The van der Waals surface area contributed by atoms with E-state index in [-0.39, 0.29) is 0 Å². The fourth-order valence-corrected chi connectivity index (χ4v) is 1.94. The molecule has 16 heavy (non-hydrogen) atoms. The molecular weight excluding hydrogens is 196 g/mol. The molecule has 0 aliphatic rings. The third-order valence-electron chi connectivity index (χ3n) is 2.66. The van der Waals surface area contributed by atoms with Gasteiger partial charge in [-0.2, -0.15) is 0 Å². The van der Waals surface area contributed by atoms with Gasteiger partial charge in [0.15, 0.2) is 0 Å². The Bertz CT molecular complexity index is 272. The minimum atomic E-state index is 0.538. The van der Waals surface area contributed by atoms with Crippen molar-refractivity contribution >= 4 is 0 Å². The molecule has 1 rings (SSSR count). The van der Waals surface area contributed by atoms with Crippen LogP contribution in [0.5, 0.6) is 0 Å². The van der Waals surface area contributed by atoms with Crippen molar-refractivity contribution in [2.24, 2.45) is 0 Å². The van der Waals surface area contributed by atoms with E-state index in [4.69, 9.17) is 0 Å². The molecule has 1 aromatic carbocycles. The zero-order chi connectivity index (χ0) is 12.0. The molecule has 0 aromatic heterocycles. The Hall–Kier alpha value is -0.860. The Balaban J connectivity index is 2.34. The number of hydrogen-bond donors (Lipinski definition) is 1. The summed E-state index contributed by atoms with van der Waals surface area (Å²) in [6, 6.07) is 11.7. The Morgan fingerprint density at radius 3 is 2.06 bits per heavy atom. The normalized spacial score (nSPS) is 11.7. The van der Waals surface area contributed by atoms with Gasteiger partial charge in [0.05, 0.1) is 0 Å². The van der Waals surface area contributed by atoms with Crippen LogP contribution in [0.3, 0.4) is 0 Å². The highest BCUT2D eigenvalue weighted by Gasteiger charge is 2.11. The van der Waals surface area contributed by atoms with Gasteiger partial charge >= 0.3 is 0 Å². The maximum absolute atomic E-state index is 3.50. The van der Waals surface area contributed by atoms with E-state index in [0.29, 0.717) is 12.1 Å². The van der Waals surface area contributed by atoms with E-state index in [2.05, 4.69) is 68.5 Å². The summed E-state index contributed by atoms with van der Waals surface area (Å²) in [5, 5.41) is 2.31. The molecule has 0 saturated heterocycles. The fraction of sp³-hybridized carbons (Fsp3) is 0.571.